The smallest absolute Gasteiger partial charge is 0.358 e. The van der Waals surface area contributed by atoms with Crippen LogP contribution in [0.1, 0.15) is 35.6 Å². The molecule has 0 aliphatic heterocycles. The van der Waals surface area contributed by atoms with Gasteiger partial charge in [-0.15, -0.1) is 11.3 Å². The fourth-order valence-corrected chi connectivity index (χ4v) is 1.92. The van der Waals surface area contributed by atoms with Crippen LogP contribution in [-0.4, -0.2) is 24.1 Å². The molecule has 0 spiro atoms. The number of nitrogens with one attached hydrogen (secondary N) is 1. The van der Waals surface area contributed by atoms with Gasteiger partial charge in [0, 0.05) is 11.4 Å². The molecule has 4 nitrogen and oxygen atoms in total. The molecule has 0 amide bonds. The quantitative estimate of drug-likeness (QED) is 0.786. The maximum absolute atomic E-state index is 11.4. The Balaban J connectivity index is 2.72. The summed E-state index contributed by atoms with van der Waals surface area (Å²) in [5, 5.41) is 3.94. The van der Waals surface area contributed by atoms with E-state index in [2.05, 4.69) is 17.2 Å². The van der Waals surface area contributed by atoms with E-state index in [0.717, 1.165) is 23.0 Å². The van der Waals surface area contributed by atoms with E-state index in [1.165, 1.54) is 11.3 Å². The number of esters is 1. The fraction of sp³-hybridized carbons (Fsp3) is 0.600. The summed E-state index contributed by atoms with van der Waals surface area (Å²) in [5.74, 6) is -0.337. The van der Waals surface area contributed by atoms with Crippen molar-refractivity contribution in [2.75, 3.05) is 18.5 Å². The summed E-state index contributed by atoms with van der Waals surface area (Å²) >= 11 is 1.49. The molecule has 1 aromatic rings. The van der Waals surface area contributed by atoms with E-state index in [1.807, 2.05) is 6.92 Å². The molecule has 1 aromatic heterocycles. The second-order valence-corrected chi connectivity index (χ2v) is 4.27. The third kappa shape index (κ3) is 3.20. The number of rotatable bonds is 5. The first-order valence-corrected chi connectivity index (χ1v) is 5.89. The van der Waals surface area contributed by atoms with Crippen molar-refractivity contribution in [2.24, 2.45) is 0 Å². The second kappa shape index (κ2) is 5.70. The van der Waals surface area contributed by atoms with Crippen LogP contribution in [0, 0.1) is 6.92 Å². The van der Waals surface area contributed by atoms with Crippen LogP contribution in [0.25, 0.3) is 0 Å². The number of carbonyl (C=O) groups is 1. The van der Waals surface area contributed by atoms with Gasteiger partial charge >= 0.3 is 5.97 Å². The average molecular weight is 228 g/mol. The predicted molar refractivity (Wildman–Crippen MR) is 61.6 cm³/mol. The van der Waals surface area contributed by atoms with Crippen LogP contribution in [0.15, 0.2) is 0 Å². The minimum atomic E-state index is -0.337. The lowest BCUT2D eigenvalue weighted by Gasteiger charge is -1.98. The van der Waals surface area contributed by atoms with Crippen LogP contribution in [0.4, 0.5) is 5.13 Å². The van der Waals surface area contributed by atoms with Crippen LogP contribution in [0.5, 0.6) is 0 Å². The molecule has 0 saturated carbocycles. The van der Waals surface area contributed by atoms with E-state index in [1.54, 1.807) is 6.92 Å². The molecule has 0 atom stereocenters. The van der Waals surface area contributed by atoms with Gasteiger partial charge in [0.15, 0.2) is 10.8 Å². The summed E-state index contributed by atoms with van der Waals surface area (Å²) in [4.78, 5) is 16.5. The minimum Gasteiger partial charge on any atom is -0.461 e. The third-order valence-electron chi connectivity index (χ3n) is 1.79. The lowest BCUT2D eigenvalue weighted by atomic mass is 10.4. The molecular formula is C10H16N2O2S. The number of hydrogen-bond donors (Lipinski definition) is 1. The van der Waals surface area contributed by atoms with Crippen molar-refractivity contribution in [1.29, 1.82) is 0 Å². The van der Waals surface area contributed by atoms with E-state index in [9.17, 15) is 4.79 Å². The zero-order valence-electron chi connectivity index (χ0n) is 9.29. The van der Waals surface area contributed by atoms with Gasteiger partial charge in [-0.25, -0.2) is 9.78 Å². The Morgan fingerprint density at radius 2 is 2.27 bits per heavy atom. The van der Waals surface area contributed by atoms with Crippen LogP contribution in [0.3, 0.4) is 0 Å². The molecule has 0 aliphatic carbocycles. The molecule has 15 heavy (non-hydrogen) atoms. The normalized spacial score (nSPS) is 10.1. The van der Waals surface area contributed by atoms with Crippen LogP contribution in [0.2, 0.25) is 0 Å². The first-order valence-electron chi connectivity index (χ1n) is 5.07. The zero-order chi connectivity index (χ0) is 11.3. The molecule has 1 rings (SSSR count). The Morgan fingerprint density at radius 3 is 2.87 bits per heavy atom. The van der Waals surface area contributed by atoms with E-state index in [0.29, 0.717) is 12.3 Å². The first-order chi connectivity index (χ1) is 7.19. The summed E-state index contributed by atoms with van der Waals surface area (Å²) in [5.41, 5.74) is 0.431. The van der Waals surface area contributed by atoms with Crippen molar-refractivity contribution in [3.63, 3.8) is 0 Å². The summed E-state index contributed by atoms with van der Waals surface area (Å²) in [6.45, 7) is 7.00. The molecular weight excluding hydrogens is 212 g/mol. The Bertz CT molecular complexity index is 336. The zero-order valence-corrected chi connectivity index (χ0v) is 10.1. The van der Waals surface area contributed by atoms with Crippen LogP contribution in [-0.2, 0) is 4.74 Å². The predicted octanol–water partition coefficient (Wildman–Crippen LogP) is 2.45. The number of thiazole rings is 1. The van der Waals surface area contributed by atoms with E-state index < -0.39 is 0 Å². The molecule has 0 unspecified atom stereocenters. The lowest BCUT2D eigenvalue weighted by molar-refractivity contribution is 0.0519. The summed E-state index contributed by atoms with van der Waals surface area (Å²) < 4.78 is 4.90. The highest BCUT2D eigenvalue weighted by Gasteiger charge is 2.15. The Kier molecular flexibility index (Phi) is 4.55. The number of nitrogens with zero attached hydrogens (tertiary/aromatic N) is 1. The van der Waals surface area contributed by atoms with Crippen molar-refractivity contribution in [2.45, 2.75) is 27.2 Å². The van der Waals surface area contributed by atoms with Crippen LogP contribution >= 0.6 is 11.3 Å². The SMILES string of the molecule is CCCNc1nc(C(=O)OCC)c(C)s1. The maximum atomic E-state index is 11.4. The topological polar surface area (TPSA) is 51.2 Å². The molecule has 0 radical (unpaired) electrons. The number of carbonyl (C=O) groups excluding carboxylic acids is 1. The molecule has 1 N–H and O–H groups in total. The fourth-order valence-electron chi connectivity index (χ4n) is 1.09. The van der Waals surface area contributed by atoms with Gasteiger partial charge in [-0.05, 0) is 20.3 Å². The molecule has 84 valence electrons. The monoisotopic (exact) mass is 228 g/mol. The van der Waals surface area contributed by atoms with Gasteiger partial charge in [0.05, 0.1) is 6.61 Å². The molecule has 1 heterocycles. The summed E-state index contributed by atoms with van der Waals surface area (Å²) in [6.07, 6.45) is 1.04. The maximum Gasteiger partial charge on any atom is 0.358 e. The van der Waals surface area contributed by atoms with Crippen molar-refractivity contribution in [1.82, 2.24) is 4.98 Å². The molecule has 0 fully saturated rings. The van der Waals surface area contributed by atoms with Crippen LogP contribution < -0.4 is 5.32 Å². The summed E-state index contributed by atoms with van der Waals surface area (Å²) in [7, 11) is 0. The van der Waals surface area contributed by atoms with E-state index in [4.69, 9.17) is 4.74 Å². The Labute approximate surface area is 93.7 Å². The largest absolute Gasteiger partial charge is 0.461 e. The molecule has 0 bridgehead atoms. The first kappa shape index (κ1) is 12.0. The van der Waals surface area contributed by atoms with Gasteiger partial charge < -0.3 is 10.1 Å². The van der Waals surface area contributed by atoms with Crippen molar-refractivity contribution >= 4 is 22.4 Å². The molecule has 0 saturated heterocycles. The van der Waals surface area contributed by atoms with E-state index >= 15 is 0 Å². The number of anilines is 1. The van der Waals surface area contributed by atoms with E-state index in [-0.39, 0.29) is 5.97 Å². The Morgan fingerprint density at radius 1 is 1.53 bits per heavy atom. The van der Waals surface area contributed by atoms with Crippen molar-refractivity contribution in [3.05, 3.63) is 10.6 Å². The van der Waals surface area contributed by atoms with Gasteiger partial charge in [-0.2, -0.15) is 0 Å². The van der Waals surface area contributed by atoms with Gasteiger partial charge in [0.25, 0.3) is 0 Å². The third-order valence-corrected chi connectivity index (χ3v) is 2.72. The number of aryl methyl sites for hydroxylation is 1. The average Bonchev–Trinajstić information content (AvgIpc) is 2.57. The highest BCUT2D eigenvalue weighted by molar-refractivity contribution is 7.15. The molecule has 0 aliphatic rings. The summed E-state index contributed by atoms with van der Waals surface area (Å²) in [6, 6.07) is 0. The van der Waals surface area contributed by atoms with Gasteiger partial charge in [0.1, 0.15) is 0 Å². The minimum absolute atomic E-state index is 0.337. The van der Waals surface area contributed by atoms with Gasteiger partial charge in [-0.3, -0.25) is 0 Å². The standard InChI is InChI=1S/C10H16N2O2S/c1-4-6-11-10-12-8(7(3)15-10)9(13)14-5-2/h4-6H2,1-3H3,(H,11,12). The highest BCUT2D eigenvalue weighted by Crippen LogP contribution is 2.22. The lowest BCUT2D eigenvalue weighted by Crippen LogP contribution is -2.07. The Hall–Kier alpha value is -1.10. The van der Waals surface area contributed by atoms with Crippen molar-refractivity contribution in [3.8, 4) is 0 Å². The highest BCUT2D eigenvalue weighted by atomic mass is 32.1. The second-order valence-electron chi connectivity index (χ2n) is 3.07. The van der Waals surface area contributed by atoms with Crippen molar-refractivity contribution < 1.29 is 9.53 Å². The molecule has 5 heteroatoms. The van der Waals surface area contributed by atoms with Gasteiger partial charge in [0.2, 0.25) is 0 Å². The number of ether oxygens (including phenoxy) is 1. The number of hydrogen-bond acceptors (Lipinski definition) is 5. The number of aromatic nitrogens is 1. The van der Waals surface area contributed by atoms with Gasteiger partial charge in [-0.1, -0.05) is 6.92 Å². The molecule has 0 aromatic carbocycles.